The molecule has 0 fully saturated rings. The average molecular weight is 525 g/mol. The van der Waals surface area contributed by atoms with Crippen molar-refractivity contribution in [2.75, 3.05) is 18.5 Å². The van der Waals surface area contributed by atoms with Gasteiger partial charge in [0, 0.05) is 24.0 Å². The number of ketones is 1. The van der Waals surface area contributed by atoms with Gasteiger partial charge in [-0.3, -0.25) is 9.59 Å². The highest BCUT2D eigenvalue weighted by atomic mass is 16.5. The standard InChI is InChI=1S/C32H32N2O5/c1-3-38-29-15-13-25(19-30(29)39-4-2)28(36)14-16-32(37)34-31-20-26(24-12-8-9-22(17-24)21-35)18-27(33-31)23-10-6-5-7-11-23/h5-13,15,17-20,35H,3-4,14,16,21H2,1-2H3,(H,33,34,37). The summed E-state index contributed by atoms with van der Waals surface area (Å²) in [6, 6.07) is 26.1. The molecule has 0 aliphatic heterocycles. The Morgan fingerprint density at radius 1 is 0.769 bits per heavy atom. The number of hydrogen-bond acceptors (Lipinski definition) is 6. The highest BCUT2D eigenvalue weighted by molar-refractivity contribution is 6.00. The van der Waals surface area contributed by atoms with Gasteiger partial charge < -0.3 is 19.9 Å². The van der Waals surface area contributed by atoms with Gasteiger partial charge in [-0.2, -0.15) is 0 Å². The van der Waals surface area contributed by atoms with Crippen molar-refractivity contribution in [3.05, 3.63) is 96.1 Å². The van der Waals surface area contributed by atoms with Gasteiger partial charge in [-0.05, 0) is 66.9 Å². The lowest BCUT2D eigenvalue weighted by molar-refractivity contribution is -0.116. The number of aliphatic hydroxyl groups is 1. The molecule has 4 rings (SSSR count). The monoisotopic (exact) mass is 524 g/mol. The summed E-state index contributed by atoms with van der Waals surface area (Å²) in [4.78, 5) is 30.4. The SMILES string of the molecule is CCOc1ccc(C(=O)CCC(=O)Nc2cc(-c3cccc(CO)c3)cc(-c3ccccc3)n2)cc1OCC. The maximum absolute atomic E-state index is 12.9. The molecular weight excluding hydrogens is 492 g/mol. The van der Waals surface area contributed by atoms with Crippen molar-refractivity contribution >= 4 is 17.5 Å². The fourth-order valence-electron chi connectivity index (χ4n) is 4.17. The number of rotatable bonds is 12. The van der Waals surface area contributed by atoms with Crippen molar-refractivity contribution in [1.29, 1.82) is 0 Å². The number of nitrogens with zero attached hydrogens (tertiary/aromatic N) is 1. The second kappa shape index (κ2) is 13.3. The highest BCUT2D eigenvalue weighted by Crippen LogP contribution is 2.30. The van der Waals surface area contributed by atoms with E-state index in [1.54, 1.807) is 24.3 Å². The lowest BCUT2D eigenvalue weighted by Crippen LogP contribution is -2.15. The maximum Gasteiger partial charge on any atom is 0.225 e. The number of hydrogen-bond donors (Lipinski definition) is 2. The van der Waals surface area contributed by atoms with Crippen LogP contribution in [0.3, 0.4) is 0 Å². The molecule has 3 aromatic carbocycles. The van der Waals surface area contributed by atoms with Crippen LogP contribution in [0, 0.1) is 0 Å². The van der Waals surface area contributed by atoms with E-state index in [0.717, 1.165) is 22.3 Å². The number of carbonyl (C=O) groups is 2. The van der Waals surface area contributed by atoms with E-state index in [0.29, 0.717) is 41.8 Å². The maximum atomic E-state index is 12.9. The summed E-state index contributed by atoms with van der Waals surface area (Å²) in [7, 11) is 0. The van der Waals surface area contributed by atoms with E-state index in [1.807, 2.05) is 74.5 Å². The van der Waals surface area contributed by atoms with Crippen LogP contribution in [0.4, 0.5) is 5.82 Å². The number of Topliss-reactive ketones (excluding diaryl/α,β-unsaturated/α-hetero) is 1. The van der Waals surface area contributed by atoms with E-state index in [2.05, 4.69) is 10.3 Å². The van der Waals surface area contributed by atoms with Crippen LogP contribution < -0.4 is 14.8 Å². The first-order valence-corrected chi connectivity index (χ1v) is 13.0. The van der Waals surface area contributed by atoms with Crippen molar-refractivity contribution in [3.8, 4) is 33.9 Å². The van der Waals surface area contributed by atoms with E-state index >= 15 is 0 Å². The van der Waals surface area contributed by atoms with Crippen LogP contribution >= 0.6 is 0 Å². The topological polar surface area (TPSA) is 97.8 Å². The predicted molar refractivity (Wildman–Crippen MR) is 152 cm³/mol. The van der Waals surface area contributed by atoms with Gasteiger partial charge >= 0.3 is 0 Å². The number of nitrogens with one attached hydrogen (secondary N) is 1. The Balaban J connectivity index is 1.51. The van der Waals surface area contributed by atoms with Gasteiger partial charge in [0.05, 0.1) is 25.5 Å². The first kappa shape index (κ1) is 27.5. The number of carbonyl (C=O) groups excluding carboxylic acids is 2. The van der Waals surface area contributed by atoms with Crippen LogP contribution in [0.2, 0.25) is 0 Å². The summed E-state index contributed by atoms with van der Waals surface area (Å²) in [5.74, 6) is 0.999. The van der Waals surface area contributed by atoms with Gasteiger partial charge in [0.15, 0.2) is 17.3 Å². The third kappa shape index (κ3) is 7.30. The van der Waals surface area contributed by atoms with Crippen molar-refractivity contribution in [3.63, 3.8) is 0 Å². The summed E-state index contributed by atoms with van der Waals surface area (Å²) < 4.78 is 11.2. The largest absolute Gasteiger partial charge is 0.490 e. The number of aromatic nitrogens is 1. The molecule has 0 unspecified atom stereocenters. The molecule has 2 N–H and O–H groups in total. The molecule has 7 nitrogen and oxygen atoms in total. The minimum atomic E-state index is -0.313. The van der Waals surface area contributed by atoms with E-state index in [1.165, 1.54) is 0 Å². The zero-order valence-corrected chi connectivity index (χ0v) is 22.1. The van der Waals surface area contributed by atoms with Crippen LogP contribution in [0.5, 0.6) is 11.5 Å². The van der Waals surface area contributed by atoms with Crippen LogP contribution in [0.1, 0.15) is 42.6 Å². The molecule has 0 aliphatic rings. The number of pyridine rings is 1. The van der Waals surface area contributed by atoms with Gasteiger partial charge in [-0.25, -0.2) is 4.98 Å². The van der Waals surface area contributed by atoms with Crippen molar-refractivity contribution in [2.45, 2.75) is 33.3 Å². The molecular formula is C32H32N2O5. The second-order valence-electron chi connectivity index (χ2n) is 8.85. The molecule has 39 heavy (non-hydrogen) atoms. The molecule has 1 heterocycles. The number of anilines is 1. The first-order chi connectivity index (χ1) is 19.0. The van der Waals surface area contributed by atoms with Crippen molar-refractivity contribution in [2.24, 2.45) is 0 Å². The van der Waals surface area contributed by atoms with E-state index in [4.69, 9.17) is 9.47 Å². The predicted octanol–water partition coefficient (Wildman–Crippen LogP) is 6.31. The quantitative estimate of drug-likeness (QED) is 0.211. The molecule has 0 saturated heterocycles. The number of ether oxygens (including phenoxy) is 2. The minimum absolute atomic E-state index is 0.00257. The van der Waals surface area contributed by atoms with Crippen molar-refractivity contribution < 1.29 is 24.2 Å². The zero-order valence-electron chi connectivity index (χ0n) is 22.1. The Morgan fingerprint density at radius 3 is 2.26 bits per heavy atom. The summed E-state index contributed by atoms with van der Waals surface area (Å²) in [6.45, 7) is 4.61. The fraction of sp³-hybridized carbons (Fsp3) is 0.219. The molecule has 0 saturated carbocycles. The molecule has 0 bridgehead atoms. The third-order valence-corrected chi connectivity index (χ3v) is 6.05. The molecule has 7 heteroatoms. The molecule has 0 spiro atoms. The van der Waals surface area contributed by atoms with Crippen LogP contribution in [0.15, 0.2) is 84.9 Å². The Labute approximate surface area is 228 Å². The number of aliphatic hydroxyl groups excluding tert-OH is 1. The zero-order chi connectivity index (χ0) is 27.6. The smallest absolute Gasteiger partial charge is 0.225 e. The van der Waals surface area contributed by atoms with Gasteiger partial charge in [-0.1, -0.05) is 48.5 Å². The van der Waals surface area contributed by atoms with E-state index in [-0.39, 0.29) is 31.1 Å². The second-order valence-corrected chi connectivity index (χ2v) is 8.85. The third-order valence-electron chi connectivity index (χ3n) is 6.05. The molecule has 0 radical (unpaired) electrons. The summed E-state index contributed by atoms with van der Waals surface area (Å²) in [5, 5.41) is 12.4. The van der Waals surface area contributed by atoms with Gasteiger partial charge in [-0.15, -0.1) is 0 Å². The average Bonchev–Trinajstić information content (AvgIpc) is 2.97. The summed E-state index contributed by atoms with van der Waals surface area (Å²) in [6.07, 6.45) is 0.0394. The van der Waals surface area contributed by atoms with Crippen molar-refractivity contribution in [1.82, 2.24) is 4.98 Å². The van der Waals surface area contributed by atoms with Crippen LogP contribution in [-0.2, 0) is 11.4 Å². The van der Waals surface area contributed by atoms with E-state index < -0.39 is 0 Å². The molecule has 1 amide bonds. The highest BCUT2D eigenvalue weighted by Gasteiger charge is 2.15. The molecule has 0 aliphatic carbocycles. The number of amides is 1. The summed E-state index contributed by atoms with van der Waals surface area (Å²) in [5.41, 5.74) is 4.60. The van der Waals surface area contributed by atoms with Gasteiger partial charge in [0.1, 0.15) is 5.82 Å². The molecule has 0 atom stereocenters. The first-order valence-electron chi connectivity index (χ1n) is 13.0. The lowest BCUT2D eigenvalue weighted by atomic mass is 10.0. The Bertz CT molecular complexity index is 1440. The normalized spacial score (nSPS) is 10.6. The molecule has 200 valence electrons. The minimum Gasteiger partial charge on any atom is -0.490 e. The van der Waals surface area contributed by atoms with Crippen LogP contribution in [0.25, 0.3) is 22.4 Å². The molecule has 1 aromatic heterocycles. The summed E-state index contributed by atoms with van der Waals surface area (Å²) >= 11 is 0. The van der Waals surface area contributed by atoms with Gasteiger partial charge in [0.25, 0.3) is 0 Å². The number of benzene rings is 3. The van der Waals surface area contributed by atoms with Crippen LogP contribution in [-0.4, -0.2) is 35.0 Å². The van der Waals surface area contributed by atoms with E-state index in [9.17, 15) is 14.7 Å². The Kier molecular flexibility index (Phi) is 9.43. The lowest BCUT2D eigenvalue weighted by Gasteiger charge is -2.12. The fourth-order valence-corrected chi connectivity index (χ4v) is 4.17. The Hall–Kier alpha value is -4.49. The molecule has 4 aromatic rings. The van der Waals surface area contributed by atoms with Gasteiger partial charge in [0.2, 0.25) is 5.91 Å². The Morgan fingerprint density at radius 2 is 1.51 bits per heavy atom.